The highest BCUT2D eigenvalue weighted by Gasteiger charge is 2.13. The minimum atomic E-state index is -0.351. The van der Waals surface area contributed by atoms with Crippen molar-refractivity contribution in [2.75, 3.05) is 6.54 Å². The first-order valence-electron chi connectivity index (χ1n) is 5.78. The van der Waals surface area contributed by atoms with Gasteiger partial charge in [0.05, 0.1) is 6.10 Å². The molecular weight excluding hydrogens is 257 g/mol. The number of hydrogen-bond acceptors (Lipinski definition) is 2. The fourth-order valence-corrected chi connectivity index (χ4v) is 1.95. The molecule has 0 fully saturated rings. The maximum Gasteiger partial charge on any atom is 0.0687 e. The lowest BCUT2D eigenvalue weighted by molar-refractivity contribution is 0.121. The van der Waals surface area contributed by atoms with Gasteiger partial charge in [-0.3, -0.25) is 0 Å². The van der Waals surface area contributed by atoms with Gasteiger partial charge in [0.1, 0.15) is 0 Å². The fraction of sp³-hybridized carbons (Fsp3) is 0.538. The highest BCUT2D eigenvalue weighted by Crippen LogP contribution is 2.26. The Morgan fingerprint density at radius 2 is 1.88 bits per heavy atom. The molecule has 0 aliphatic carbocycles. The molecule has 0 radical (unpaired) electrons. The van der Waals surface area contributed by atoms with Crippen molar-refractivity contribution >= 4 is 23.2 Å². The molecule has 0 aliphatic heterocycles. The Hall–Kier alpha value is -0.280. The van der Waals surface area contributed by atoms with Crippen LogP contribution in [0.3, 0.4) is 0 Å². The van der Waals surface area contributed by atoms with Crippen molar-refractivity contribution in [3.8, 4) is 0 Å². The molecule has 0 saturated heterocycles. The van der Waals surface area contributed by atoms with E-state index in [0.717, 1.165) is 5.56 Å². The normalized spacial score (nSPS) is 15.0. The average molecular weight is 276 g/mol. The molecular formula is C13H19Cl2NO. The second-order valence-electron chi connectivity index (χ2n) is 4.61. The van der Waals surface area contributed by atoms with Crippen molar-refractivity contribution in [3.05, 3.63) is 33.8 Å². The van der Waals surface area contributed by atoms with Gasteiger partial charge < -0.3 is 10.4 Å². The van der Waals surface area contributed by atoms with Crippen LogP contribution in [0, 0.1) is 5.92 Å². The average Bonchev–Trinajstić information content (AvgIpc) is 2.28. The molecule has 0 saturated carbocycles. The summed E-state index contributed by atoms with van der Waals surface area (Å²) in [5.41, 5.74) is 0.954. The van der Waals surface area contributed by atoms with Gasteiger partial charge in [0, 0.05) is 22.6 Å². The van der Waals surface area contributed by atoms with Crippen LogP contribution in [0.4, 0.5) is 0 Å². The molecule has 96 valence electrons. The lowest BCUT2D eigenvalue weighted by Gasteiger charge is -2.20. The van der Waals surface area contributed by atoms with Crippen LogP contribution in [0.1, 0.15) is 32.4 Å². The molecule has 2 nitrogen and oxygen atoms in total. The van der Waals surface area contributed by atoms with Crippen LogP contribution in [0.5, 0.6) is 0 Å². The van der Waals surface area contributed by atoms with E-state index >= 15 is 0 Å². The summed E-state index contributed by atoms with van der Waals surface area (Å²) in [6.45, 7) is 6.53. The minimum absolute atomic E-state index is 0.0644. The quantitative estimate of drug-likeness (QED) is 0.860. The van der Waals surface area contributed by atoms with Gasteiger partial charge in [0.25, 0.3) is 0 Å². The maximum absolute atomic E-state index is 9.72. The minimum Gasteiger partial charge on any atom is -0.392 e. The smallest absolute Gasteiger partial charge is 0.0687 e. The molecule has 1 rings (SSSR count). The summed E-state index contributed by atoms with van der Waals surface area (Å²) in [5, 5.41) is 14.3. The van der Waals surface area contributed by atoms with Gasteiger partial charge in [-0.05, 0) is 36.6 Å². The molecule has 0 amide bonds. The molecule has 0 spiro atoms. The van der Waals surface area contributed by atoms with E-state index in [2.05, 4.69) is 5.32 Å². The summed E-state index contributed by atoms with van der Waals surface area (Å²) >= 11 is 12.0. The van der Waals surface area contributed by atoms with Crippen molar-refractivity contribution < 1.29 is 5.11 Å². The van der Waals surface area contributed by atoms with E-state index in [1.54, 1.807) is 12.1 Å². The molecule has 0 heterocycles. The molecule has 0 aliphatic rings. The zero-order valence-electron chi connectivity index (χ0n) is 10.4. The Bertz CT molecular complexity index is 368. The monoisotopic (exact) mass is 275 g/mol. The van der Waals surface area contributed by atoms with Crippen molar-refractivity contribution in [3.63, 3.8) is 0 Å². The van der Waals surface area contributed by atoms with Gasteiger partial charge in [0.2, 0.25) is 0 Å². The second kappa shape index (κ2) is 6.60. The van der Waals surface area contributed by atoms with Gasteiger partial charge in [-0.2, -0.15) is 0 Å². The summed E-state index contributed by atoms with van der Waals surface area (Å²) in [7, 11) is 0. The van der Waals surface area contributed by atoms with Crippen LogP contribution in [-0.2, 0) is 0 Å². The van der Waals surface area contributed by atoms with E-state index in [4.69, 9.17) is 23.2 Å². The third kappa shape index (κ3) is 4.47. The number of hydrogen-bond donors (Lipinski definition) is 2. The van der Waals surface area contributed by atoms with Crippen LogP contribution >= 0.6 is 23.2 Å². The van der Waals surface area contributed by atoms with Crippen LogP contribution in [0.15, 0.2) is 18.2 Å². The van der Waals surface area contributed by atoms with Crippen molar-refractivity contribution in [1.82, 2.24) is 5.32 Å². The van der Waals surface area contributed by atoms with Crippen molar-refractivity contribution in [2.24, 2.45) is 5.92 Å². The van der Waals surface area contributed by atoms with Crippen LogP contribution in [-0.4, -0.2) is 17.8 Å². The molecule has 2 unspecified atom stereocenters. The fourth-order valence-electron chi connectivity index (χ4n) is 1.49. The molecule has 4 heteroatoms. The van der Waals surface area contributed by atoms with E-state index in [1.807, 2.05) is 26.8 Å². The first-order chi connectivity index (χ1) is 7.91. The summed E-state index contributed by atoms with van der Waals surface area (Å²) in [4.78, 5) is 0. The Labute approximate surface area is 113 Å². The van der Waals surface area contributed by atoms with E-state index in [-0.39, 0.29) is 18.1 Å². The predicted octanol–water partition coefficient (Wildman–Crippen LogP) is 3.66. The molecule has 1 aromatic rings. The van der Waals surface area contributed by atoms with Gasteiger partial charge in [-0.1, -0.05) is 37.0 Å². The Kier molecular flexibility index (Phi) is 5.74. The zero-order valence-corrected chi connectivity index (χ0v) is 11.9. The summed E-state index contributed by atoms with van der Waals surface area (Å²) in [6.07, 6.45) is -0.351. The first-order valence-corrected chi connectivity index (χ1v) is 6.53. The van der Waals surface area contributed by atoms with Crippen molar-refractivity contribution in [2.45, 2.75) is 32.9 Å². The maximum atomic E-state index is 9.72. The number of nitrogens with one attached hydrogen (secondary N) is 1. The van der Waals surface area contributed by atoms with Gasteiger partial charge in [-0.15, -0.1) is 0 Å². The lowest BCUT2D eigenvalue weighted by atomic mass is 10.1. The van der Waals surface area contributed by atoms with Crippen LogP contribution in [0.25, 0.3) is 0 Å². The highest BCUT2D eigenvalue weighted by molar-refractivity contribution is 6.33. The molecule has 1 aromatic carbocycles. The zero-order chi connectivity index (χ0) is 13.0. The molecule has 17 heavy (non-hydrogen) atoms. The van der Waals surface area contributed by atoms with Gasteiger partial charge >= 0.3 is 0 Å². The Balaban J connectivity index is 2.63. The van der Waals surface area contributed by atoms with Gasteiger partial charge in [0.15, 0.2) is 0 Å². The van der Waals surface area contributed by atoms with E-state index < -0.39 is 0 Å². The SMILES string of the molecule is CC(NCC(O)C(C)C)c1cc(Cl)ccc1Cl. The molecule has 2 N–H and O–H groups in total. The topological polar surface area (TPSA) is 32.3 Å². The van der Waals surface area contributed by atoms with Gasteiger partial charge in [-0.25, -0.2) is 0 Å². The number of benzene rings is 1. The Morgan fingerprint density at radius 3 is 2.47 bits per heavy atom. The number of aliphatic hydroxyl groups is 1. The lowest BCUT2D eigenvalue weighted by Crippen LogP contribution is -2.32. The van der Waals surface area contributed by atoms with Crippen molar-refractivity contribution in [1.29, 1.82) is 0 Å². The number of aliphatic hydroxyl groups excluding tert-OH is 1. The number of rotatable bonds is 5. The van der Waals surface area contributed by atoms with E-state index in [1.165, 1.54) is 0 Å². The van der Waals surface area contributed by atoms with Crippen LogP contribution in [0.2, 0.25) is 10.0 Å². The predicted molar refractivity (Wildman–Crippen MR) is 73.7 cm³/mol. The largest absolute Gasteiger partial charge is 0.392 e. The van der Waals surface area contributed by atoms with Crippen LogP contribution < -0.4 is 5.32 Å². The third-order valence-corrected chi connectivity index (χ3v) is 3.41. The summed E-state index contributed by atoms with van der Waals surface area (Å²) in [5.74, 6) is 0.240. The highest BCUT2D eigenvalue weighted by atomic mass is 35.5. The molecule has 0 aromatic heterocycles. The van der Waals surface area contributed by atoms with E-state index in [0.29, 0.717) is 16.6 Å². The standard InChI is InChI=1S/C13H19Cl2NO/c1-8(2)13(17)7-16-9(3)11-6-10(14)4-5-12(11)15/h4-6,8-9,13,16-17H,7H2,1-3H3. The molecule has 2 atom stereocenters. The van der Waals surface area contributed by atoms with E-state index in [9.17, 15) is 5.11 Å². The Morgan fingerprint density at radius 1 is 1.24 bits per heavy atom. The molecule has 0 bridgehead atoms. The second-order valence-corrected chi connectivity index (χ2v) is 5.45. The summed E-state index contributed by atoms with van der Waals surface area (Å²) < 4.78 is 0. The summed E-state index contributed by atoms with van der Waals surface area (Å²) in [6, 6.07) is 5.47. The third-order valence-electron chi connectivity index (χ3n) is 2.83. The number of halogens is 2. The first kappa shape index (κ1) is 14.8.